The van der Waals surface area contributed by atoms with Gasteiger partial charge in [-0.2, -0.15) is 8.42 Å². The Labute approximate surface area is 139 Å². The molecule has 0 bridgehead atoms. The number of hydrogen-bond donors (Lipinski definition) is 0. The molecule has 1 aliphatic heterocycles. The Hall–Kier alpha value is -0.950. The van der Waals surface area contributed by atoms with Gasteiger partial charge in [0.2, 0.25) is 0 Å². The van der Waals surface area contributed by atoms with Gasteiger partial charge >= 0.3 is 0 Å². The van der Waals surface area contributed by atoms with Crippen LogP contribution in [0.15, 0.2) is 29.2 Å². The van der Waals surface area contributed by atoms with Crippen molar-refractivity contribution in [1.29, 1.82) is 0 Å². The minimum Gasteiger partial charge on any atom is -0.305 e. The van der Waals surface area contributed by atoms with Crippen molar-refractivity contribution in [3.05, 3.63) is 29.8 Å². The molecule has 1 saturated heterocycles. The lowest BCUT2D eigenvalue weighted by atomic mass is 9.88. The molecule has 2 aliphatic rings. The highest BCUT2D eigenvalue weighted by Crippen LogP contribution is 2.33. The van der Waals surface area contributed by atoms with Crippen molar-refractivity contribution in [3.8, 4) is 0 Å². The Balaban J connectivity index is 1.54. The maximum atomic E-state index is 12.4. The van der Waals surface area contributed by atoms with E-state index in [1.165, 1.54) is 6.42 Å². The summed E-state index contributed by atoms with van der Waals surface area (Å²) in [6.07, 6.45) is 2.63. The number of nitrogens with zero attached hydrogens (tertiary/aromatic N) is 2. The SMILES string of the molecule is Cc1ccccc1S(=O)(=O)OC1CC(N2CC[C@@H](N(C)C)C2)C1. The molecule has 1 aromatic rings. The van der Waals surface area contributed by atoms with Crippen LogP contribution in [0.5, 0.6) is 0 Å². The first-order valence-corrected chi connectivity index (χ1v) is 9.67. The van der Waals surface area contributed by atoms with E-state index in [0.717, 1.165) is 31.5 Å². The Morgan fingerprint density at radius 1 is 1.22 bits per heavy atom. The number of aryl methyl sites for hydroxylation is 1. The third kappa shape index (κ3) is 3.60. The van der Waals surface area contributed by atoms with Crippen LogP contribution in [-0.4, -0.2) is 63.6 Å². The highest BCUT2D eigenvalue weighted by Gasteiger charge is 2.40. The topological polar surface area (TPSA) is 49.9 Å². The quantitative estimate of drug-likeness (QED) is 0.767. The fourth-order valence-corrected chi connectivity index (χ4v) is 4.83. The van der Waals surface area contributed by atoms with Crippen molar-refractivity contribution in [1.82, 2.24) is 9.80 Å². The summed E-state index contributed by atoms with van der Waals surface area (Å²) < 4.78 is 30.2. The van der Waals surface area contributed by atoms with Gasteiger partial charge in [-0.15, -0.1) is 0 Å². The lowest BCUT2D eigenvalue weighted by Gasteiger charge is -2.40. The molecule has 0 unspecified atom stereocenters. The summed E-state index contributed by atoms with van der Waals surface area (Å²) in [6.45, 7) is 3.98. The summed E-state index contributed by atoms with van der Waals surface area (Å²) in [5.74, 6) is 0. The maximum absolute atomic E-state index is 12.4. The van der Waals surface area contributed by atoms with Crippen molar-refractivity contribution in [2.24, 2.45) is 0 Å². The van der Waals surface area contributed by atoms with E-state index in [1.54, 1.807) is 25.1 Å². The maximum Gasteiger partial charge on any atom is 0.297 e. The van der Waals surface area contributed by atoms with Gasteiger partial charge in [-0.05, 0) is 51.9 Å². The monoisotopic (exact) mass is 338 g/mol. The summed E-state index contributed by atoms with van der Waals surface area (Å²) in [7, 11) is 0.592. The van der Waals surface area contributed by atoms with E-state index >= 15 is 0 Å². The normalized spacial score (nSPS) is 29.0. The minimum absolute atomic E-state index is 0.178. The second-order valence-corrected chi connectivity index (χ2v) is 8.50. The van der Waals surface area contributed by atoms with Crippen molar-refractivity contribution < 1.29 is 12.6 Å². The highest BCUT2D eigenvalue weighted by molar-refractivity contribution is 7.86. The first-order valence-electron chi connectivity index (χ1n) is 8.26. The number of hydrogen-bond acceptors (Lipinski definition) is 5. The van der Waals surface area contributed by atoms with E-state index in [4.69, 9.17) is 4.18 Å². The van der Waals surface area contributed by atoms with Crippen LogP contribution >= 0.6 is 0 Å². The Morgan fingerprint density at radius 3 is 2.52 bits per heavy atom. The van der Waals surface area contributed by atoms with Crippen LogP contribution in [0.25, 0.3) is 0 Å². The first kappa shape index (κ1) is 16.9. The molecule has 0 aromatic heterocycles. The number of benzene rings is 1. The molecule has 3 rings (SSSR count). The molecule has 0 N–H and O–H groups in total. The molecule has 1 atom stereocenters. The largest absolute Gasteiger partial charge is 0.305 e. The molecule has 6 heteroatoms. The van der Waals surface area contributed by atoms with Crippen molar-refractivity contribution in [2.75, 3.05) is 27.2 Å². The van der Waals surface area contributed by atoms with Crippen LogP contribution in [0.4, 0.5) is 0 Å². The molecular formula is C17H26N2O3S. The van der Waals surface area contributed by atoms with E-state index in [1.807, 2.05) is 6.07 Å². The molecule has 1 heterocycles. The lowest BCUT2D eigenvalue weighted by Crippen LogP contribution is -2.48. The van der Waals surface area contributed by atoms with Gasteiger partial charge in [-0.1, -0.05) is 18.2 Å². The summed E-state index contributed by atoms with van der Waals surface area (Å²) in [6, 6.07) is 8.07. The van der Waals surface area contributed by atoms with Gasteiger partial charge < -0.3 is 4.90 Å². The average Bonchev–Trinajstić information content (AvgIpc) is 2.92. The molecule has 128 valence electrons. The zero-order valence-corrected chi connectivity index (χ0v) is 14.9. The molecule has 0 spiro atoms. The molecule has 1 saturated carbocycles. The summed E-state index contributed by atoms with van der Waals surface area (Å²) in [4.78, 5) is 5.04. The number of rotatable bonds is 5. The smallest absolute Gasteiger partial charge is 0.297 e. The molecule has 5 nitrogen and oxygen atoms in total. The molecule has 0 amide bonds. The van der Waals surface area contributed by atoms with Gasteiger partial charge in [-0.25, -0.2) is 0 Å². The van der Waals surface area contributed by atoms with E-state index in [9.17, 15) is 8.42 Å². The predicted octanol–water partition coefficient (Wildman–Crippen LogP) is 1.87. The van der Waals surface area contributed by atoms with E-state index in [2.05, 4.69) is 23.9 Å². The van der Waals surface area contributed by atoms with Crippen LogP contribution in [-0.2, 0) is 14.3 Å². The first-order chi connectivity index (χ1) is 10.9. The van der Waals surface area contributed by atoms with Gasteiger partial charge in [0.25, 0.3) is 10.1 Å². The molecule has 1 aromatic carbocycles. The second kappa shape index (κ2) is 6.51. The van der Waals surface area contributed by atoms with Crippen molar-refractivity contribution >= 4 is 10.1 Å². The summed E-state index contributed by atoms with van der Waals surface area (Å²) in [5, 5.41) is 0. The Kier molecular flexibility index (Phi) is 4.78. The van der Waals surface area contributed by atoms with E-state index in [0.29, 0.717) is 12.1 Å². The standard InChI is InChI=1S/C17H26N2O3S/c1-13-6-4-5-7-17(13)23(20,21)22-16-10-15(11-16)19-9-8-14(12-19)18(2)3/h4-7,14-16H,8-12H2,1-3H3/t14-,15?,16?/m1/s1. The molecule has 0 radical (unpaired) electrons. The van der Waals surface area contributed by atoms with E-state index < -0.39 is 10.1 Å². The third-order valence-electron chi connectivity index (χ3n) is 5.14. The second-order valence-electron chi connectivity index (χ2n) is 6.96. The Morgan fingerprint density at radius 2 is 1.91 bits per heavy atom. The van der Waals surface area contributed by atoms with Gasteiger partial charge in [0.1, 0.15) is 0 Å². The van der Waals surface area contributed by atoms with Crippen LogP contribution in [0.2, 0.25) is 0 Å². The number of likely N-dealkylation sites (tertiary alicyclic amines) is 1. The molecular weight excluding hydrogens is 312 g/mol. The van der Waals surface area contributed by atoms with Gasteiger partial charge in [0.05, 0.1) is 11.0 Å². The van der Waals surface area contributed by atoms with Gasteiger partial charge in [0, 0.05) is 25.2 Å². The van der Waals surface area contributed by atoms with Crippen LogP contribution in [0, 0.1) is 6.92 Å². The van der Waals surface area contributed by atoms with Gasteiger partial charge in [0.15, 0.2) is 0 Å². The zero-order chi connectivity index (χ0) is 16.6. The average molecular weight is 338 g/mol. The van der Waals surface area contributed by atoms with E-state index in [-0.39, 0.29) is 11.0 Å². The fraction of sp³-hybridized carbons (Fsp3) is 0.647. The molecule has 23 heavy (non-hydrogen) atoms. The lowest BCUT2D eigenvalue weighted by molar-refractivity contribution is 0.0298. The number of likely N-dealkylation sites (N-methyl/N-ethyl adjacent to an activating group) is 1. The highest BCUT2D eigenvalue weighted by atomic mass is 32.2. The van der Waals surface area contributed by atoms with Crippen molar-refractivity contribution in [3.63, 3.8) is 0 Å². The fourth-order valence-electron chi connectivity index (χ4n) is 3.50. The molecule has 2 fully saturated rings. The Bertz CT molecular complexity index is 654. The summed E-state index contributed by atoms with van der Waals surface area (Å²) in [5.41, 5.74) is 0.733. The molecule has 1 aliphatic carbocycles. The van der Waals surface area contributed by atoms with Crippen molar-refractivity contribution in [2.45, 2.75) is 49.3 Å². The van der Waals surface area contributed by atoms with Crippen LogP contribution in [0.3, 0.4) is 0 Å². The third-order valence-corrected chi connectivity index (χ3v) is 6.66. The van der Waals surface area contributed by atoms with Gasteiger partial charge in [-0.3, -0.25) is 9.08 Å². The summed E-state index contributed by atoms with van der Waals surface area (Å²) >= 11 is 0. The zero-order valence-electron chi connectivity index (χ0n) is 14.1. The minimum atomic E-state index is -3.65. The van der Waals surface area contributed by atoms with Crippen LogP contribution < -0.4 is 0 Å². The van der Waals surface area contributed by atoms with Crippen LogP contribution in [0.1, 0.15) is 24.8 Å². The predicted molar refractivity (Wildman–Crippen MR) is 89.9 cm³/mol.